The van der Waals surface area contributed by atoms with Crippen LogP contribution in [0.2, 0.25) is 0 Å². The molecule has 4 heterocycles. The first-order chi connectivity index (χ1) is 11.9. The van der Waals surface area contributed by atoms with Gasteiger partial charge in [-0.25, -0.2) is 19.9 Å². The minimum atomic E-state index is 0.730. The lowest BCUT2D eigenvalue weighted by Crippen LogP contribution is -1.91. The topological polar surface area (TPSA) is 51.6 Å². The standard InChI is InChI=1S/C16H10N4.2C2H6/c1-3-11-5-7-13(19-15(11)17-9-1)14-8-6-12-4-2-10-18-16(12)20-14;2*1-2/h1-10H;2*1-2H3. The highest BCUT2D eigenvalue weighted by Gasteiger charge is 2.05. The molecule has 0 fully saturated rings. The third-order valence-corrected chi connectivity index (χ3v) is 3.19. The number of pyridine rings is 4. The summed E-state index contributed by atoms with van der Waals surface area (Å²) in [5.74, 6) is 0. The molecule has 24 heavy (non-hydrogen) atoms. The van der Waals surface area contributed by atoms with E-state index in [-0.39, 0.29) is 0 Å². The predicted octanol–water partition coefficient (Wildman–Crippen LogP) is 5.29. The van der Waals surface area contributed by atoms with Gasteiger partial charge in [-0.15, -0.1) is 0 Å². The van der Waals surface area contributed by atoms with Gasteiger partial charge in [-0.1, -0.05) is 27.7 Å². The van der Waals surface area contributed by atoms with Gasteiger partial charge in [0.1, 0.15) is 0 Å². The van der Waals surface area contributed by atoms with Gasteiger partial charge in [-0.2, -0.15) is 0 Å². The summed E-state index contributed by atoms with van der Waals surface area (Å²) in [5.41, 5.74) is 3.08. The minimum absolute atomic E-state index is 0.730. The SMILES string of the molecule is CC.CC.c1cnc2nc(-c3ccc4cccnc4n3)ccc2c1. The molecule has 0 bridgehead atoms. The molecule has 0 radical (unpaired) electrons. The molecule has 0 atom stereocenters. The third kappa shape index (κ3) is 3.71. The first-order valence-corrected chi connectivity index (χ1v) is 8.34. The van der Waals surface area contributed by atoms with Crippen LogP contribution in [0, 0.1) is 0 Å². The highest BCUT2D eigenvalue weighted by Crippen LogP contribution is 2.20. The van der Waals surface area contributed by atoms with Gasteiger partial charge in [0.2, 0.25) is 0 Å². The second kappa shape index (κ2) is 8.67. The van der Waals surface area contributed by atoms with Gasteiger partial charge < -0.3 is 0 Å². The van der Waals surface area contributed by atoms with Crippen molar-refractivity contribution in [3.05, 3.63) is 60.9 Å². The molecule has 4 nitrogen and oxygen atoms in total. The first-order valence-electron chi connectivity index (χ1n) is 8.34. The van der Waals surface area contributed by atoms with Crippen LogP contribution in [0.3, 0.4) is 0 Å². The molecule has 0 N–H and O–H groups in total. The van der Waals surface area contributed by atoms with Gasteiger partial charge in [-0.05, 0) is 48.5 Å². The fraction of sp³-hybridized carbons (Fsp3) is 0.200. The van der Waals surface area contributed by atoms with Crippen molar-refractivity contribution in [2.45, 2.75) is 27.7 Å². The largest absolute Gasteiger partial charge is 0.237 e. The maximum Gasteiger partial charge on any atom is 0.159 e. The molecular formula is C20H22N4. The van der Waals surface area contributed by atoms with E-state index in [4.69, 9.17) is 0 Å². The molecule has 0 aliphatic carbocycles. The fourth-order valence-electron chi connectivity index (χ4n) is 2.19. The Morgan fingerprint density at radius 2 is 0.958 bits per heavy atom. The Morgan fingerprint density at radius 1 is 0.542 bits per heavy atom. The highest BCUT2D eigenvalue weighted by molar-refractivity contribution is 5.80. The summed E-state index contributed by atoms with van der Waals surface area (Å²) in [6, 6.07) is 15.7. The summed E-state index contributed by atoms with van der Waals surface area (Å²) in [6.45, 7) is 8.00. The average Bonchev–Trinajstić information content (AvgIpc) is 2.70. The van der Waals surface area contributed by atoms with E-state index in [1.165, 1.54) is 0 Å². The zero-order valence-electron chi connectivity index (χ0n) is 14.6. The Bertz CT molecular complexity index is 842. The Labute approximate surface area is 142 Å². The lowest BCUT2D eigenvalue weighted by Gasteiger charge is -2.03. The van der Waals surface area contributed by atoms with E-state index in [1.54, 1.807) is 12.4 Å². The second-order valence-corrected chi connectivity index (χ2v) is 4.49. The van der Waals surface area contributed by atoms with Crippen molar-refractivity contribution >= 4 is 22.1 Å². The van der Waals surface area contributed by atoms with Crippen molar-refractivity contribution in [2.75, 3.05) is 0 Å². The zero-order valence-corrected chi connectivity index (χ0v) is 14.6. The molecule has 0 amide bonds. The molecule has 0 spiro atoms. The van der Waals surface area contributed by atoms with Gasteiger partial charge in [0.25, 0.3) is 0 Å². The quantitative estimate of drug-likeness (QED) is 0.478. The van der Waals surface area contributed by atoms with E-state index in [0.717, 1.165) is 33.5 Å². The van der Waals surface area contributed by atoms with Crippen molar-refractivity contribution in [2.24, 2.45) is 0 Å². The van der Waals surface area contributed by atoms with Crippen LogP contribution in [0.4, 0.5) is 0 Å². The number of hydrogen-bond donors (Lipinski definition) is 0. The van der Waals surface area contributed by atoms with Crippen molar-refractivity contribution in [3.8, 4) is 11.4 Å². The third-order valence-electron chi connectivity index (χ3n) is 3.19. The fourth-order valence-corrected chi connectivity index (χ4v) is 2.19. The molecule has 4 aromatic heterocycles. The lowest BCUT2D eigenvalue weighted by atomic mass is 10.2. The Balaban J connectivity index is 0.000000487. The molecule has 122 valence electrons. The first kappa shape index (κ1) is 17.5. The zero-order chi connectivity index (χ0) is 17.4. The molecule has 4 heteroatoms. The summed E-state index contributed by atoms with van der Waals surface area (Å²) in [5, 5.41) is 2.05. The summed E-state index contributed by atoms with van der Waals surface area (Å²) in [4.78, 5) is 17.7. The van der Waals surface area contributed by atoms with Crippen molar-refractivity contribution in [3.63, 3.8) is 0 Å². The van der Waals surface area contributed by atoms with Crippen LogP contribution in [-0.4, -0.2) is 19.9 Å². The maximum atomic E-state index is 4.55. The molecule has 0 aliphatic heterocycles. The van der Waals surface area contributed by atoms with Crippen LogP contribution in [0.1, 0.15) is 27.7 Å². The molecule has 0 saturated carbocycles. The smallest absolute Gasteiger partial charge is 0.159 e. The molecule has 4 aromatic rings. The number of aromatic nitrogens is 4. The van der Waals surface area contributed by atoms with Crippen LogP contribution >= 0.6 is 0 Å². The number of rotatable bonds is 1. The summed E-state index contributed by atoms with van der Waals surface area (Å²) in [7, 11) is 0. The van der Waals surface area contributed by atoms with Crippen LogP contribution in [0.5, 0.6) is 0 Å². The van der Waals surface area contributed by atoms with Crippen LogP contribution in [0.15, 0.2) is 60.9 Å². The monoisotopic (exact) mass is 318 g/mol. The molecule has 0 unspecified atom stereocenters. The van der Waals surface area contributed by atoms with Crippen LogP contribution < -0.4 is 0 Å². The van der Waals surface area contributed by atoms with Gasteiger partial charge in [0, 0.05) is 23.2 Å². The highest BCUT2D eigenvalue weighted by atomic mass is 14.9. The van der Waals surface area contributed by atoms with E-state index in [0.29, 0.717) is 0 Å². The predicted molar refractivity (Wildman–Crippen MR) is 101 cm³/mol. The number of hydrogen-bond acceptors (Lipinski definition) is 4. The van der Waals surface area contributed by atoms with Crippen molar-refractivity contribution in [1.82, 2.24) is 19.9 Å². The van der Waals surface area contributed by atoms with E-state index in [9.17, 15) is 0 Å². The molecule has 4 rings (SSSR count). The number of fused-ring (bicyclic) bond motifs is 2. The van der Waals surface area contributed by atoms with Gasteiger partial charge >= 0.3 is 0 Å². The van der Waals surface area contributed by atoms with E-state index >= 15 is 0 Å². The van der Waals surface area contributed by atoms with Gasteiger partial charge in [0.05, 0.1) is 11.4 Å². The van der Waals surface area contributed by atoms with E-state index in [2.05, 4.69) is 19.9 Å². The number of nitrogens with zero attached hydrogens (tertiary/aromatic N) is 4. The summed E-state index contributed by atoms with van der Waals surface area (Å²) in [6.07, 6.45) is 3.49. The van der Waals surface area contributed by atoms with E-state index < -0.39 is 0 Å². The molecular weight excluding hydrogens is 296 g/mol. The van der Waals surface area contributed by atoms with Gasteiger partial charge in [0.15, 0.2) is 11.3 Å². The Kier molecular flexibility index (Phi) is 6.32. The van der Waals surface area contributed by atoms with Crippen LogP contribution in [-0.2, 0) is 0 Å². The summed E-state index contributed by atoms with van der Waals surface area (Å²) >= 11 is 0. The van der Waals surface area contributed by atoms with E-state index in [1.807, 2.05) is 76.2 Å². The molecule has 0 aliphatic rings. The lowest BCUT2D eigenvalue weighted by molar-refractivity contribution is 1.24. The maximum absolute atomic E-state index is 4.55. The Hall–Kier alpha value is -2.88. The Morgan fingerprint density at radius 3 is 1.38 bits per heavy atom. The average molecular weight is 318 g/mol. The molecule has 0 saturated heterocycles. The van der Waals surface area contributed by atoms with Crippen molar-refractivity contribution in [1.29, 1.82) is 0 Å². The van der Waals surface area contributed by atoms with Gasteiger partial charge in [-0.3, -0.25) is 0 Å². The second-order valence-electron chi connectivity index (χ2n) is 4.49. The normalized spacial score (nSPS) is 9.67. The van der Waals surface area contributed by atoms with Crippen molar-refractivity contribution < 1.29 is 0 Å². The van der Waals surface area contributed by atoms with Crippen LogP contribution in [0.25, 0.3) is 33.5 Å². The minimum Gasteiger partial charge on any atom is -0.237 e. The molecule has 0 aromatic carbocycles. The summed E-state index contributed by atoms with van der Waals surface area (Å²) < 4.78 is 0.